The minimum absolute atomic E-state index is 0.139. The molecule has 3 aliphatic rings. The third kappa shape index (κ3) is 6.51. The van der Waals surface area contributed by atoms with Crippen LogP contribution in [0.3, 0.4) is 0 Å². The second-order valence-electron chi connectivity index (χ2n) is 11.4. The molecule has 0 radical (unpaired) electrons. The fourth-order valence-electron chi connectivity index (χ4n) is 6.30. The molecule has 0 aromatic heterocycles. The van der Waals surface area contributed by atoms with Crippen LogP contribution in [-0.2, 0) is 24.0 Å². The molecule has 0 bridgehead atoms. The lowest BCUT2D eigenvalue weighted by molar-refractivity contribution is -0.145. The molecule has 40 heavy (non-hydrogen) atoms. The van der Waals surface area contributed by atoms with Gasteiger partial charge in [-0.1, -0.05) is 69.2 Å². The van der Waals surface area contributed by atoms with Gasteiger partial charge in [0.1, 0.15) is 18.4 Å². The third-order valence-corrected chi connectivity index (χ3v) is 8.28. The highest BCUT2D eigenvalue weighted by molar-refractivity contribution is 6.14. The van der Waals surface area contributed by atoms with Crippen molar-refractivity contribution >= 4 is 41.6 Å². The van der Waals surface area contributed by atoms with Crippen molar-refractivity contribution in [1.82, 2.24) is 15.5 Å². The summed E-state index contributed by atoms with van der Waals surface area (Å²) in [6.07, 6.45) is 11.1. The van der Waals surface area contributed by atoms with Gasteiger partial charge in [0.25, 0.3) is 0 Å². The van der Waals surface area contributed by atoms with Crippen molar-refractivity contribution in [2.24, 2.45) is 11.8 Å². The monoisotopic (exact) mass is 549 g/mol. The van der Waals surface area contributed by atoms with Gasteiger partial charge in [0.05, 0.1) is 12.5 Å². The maximum absolute atomic E-state index is 14.2. The van der Waals surface area contributed by atoms with E-state index in [1.807, 2.05) is 56.3 Å². The van der Waals surface area contributed by atoms with Crippen LogP contribution >= 0.6 is 0 Å². The molecule has 4 rings (SSSR count). The summed E-state index contributed by atoms with van der Waals surface area (Å²) >= 11 is 0. The molecule has 1 saturated carbocycles. The number of nitrogens with zero attached hydrogens (tertiary/aromatic N) is 1. The van der Waals surface area contributed by atoms with Crippen LogP contribution in [-0.4, -0.2) is 64.2 Å². The molecule has 2 fully saturated rings. The largest absolute Gasteiger partial charge is 0.481 e. The number of amides is 3. The first-order valence-electron chi connectivity index (χ1n) is 14.3. The molecule has 1 heterocycles. The first-order valence-corrected chi connectivity index (χ1v) is 14.3. The molecule has 5 atom stereocenters. The van der Waals surface area contributed by atoms with Crippen LogP contribution in [0.5, 0.6) is 0 Å². The zero-order chi connectivity index (χ0) is 28.8. The van der Waals surface area contributed by atoms with Gasteiger partial charge in [-0.05, 0) is 54.4 Å². The van der Waals surface area contributed by atoms with E-state index in [1.165, 1.54) is 0 Å². The number of carboxylic acid groups (broad SMARTS) is 1. The third-order valence-electron chi connectivity index (χ3n) is 8.28. The molecule has 1 aromatic rings. The van der Waals surface area contributed by atoms with Crippen LogP contribution in [0.4, 0.5) is 0 Å². The Labute approximate surface area is 234 Å². The standard InChI is InChI=1S/C31H39N3O6/c1-19(2)28(33-29(38)24-14-5-3-4-10-20-11-6-8-13-23(20)24)31(40)34-25-15-9-7-12-21(25)16-26(34)30(39)32-22(18-35)17-27(36)37/h3-4,6,8,10-11,13,18-19,21-22,25-26,28H,5,7,9,12,14-17H2,1-2H3,(H,32,39)(H,33,38)(H,36,37)/t21?,22-,25?,26-,28?/m0/s1. The lowest BCUT2D eigenvalue weighted by Gasteiger charge is -2.37. The molecule has 1 saturated heterocycles. The summed E-state index contributed by atoms with van der Waals surface area (Å²) in [5.74, 6) is -2.44. The minimum Gasteiger partial charge on any atom is -0.481 e. The Bertz CT molecular complexity index is 1300. The van der Waals surface area contributed by atoms with Crippen molar-refractivity contribution in [3.05, 3.63) is 46.9 Å². The van der Waals surface area contributed by atoms with Crippen molar-refractivity contribution in [1.29, 1.82) is 0 Å². The van der Waals surface area contributed by atoms with Gasteiger partial charge in [0, 0.05) is 11.6 Å². The predicted molar refractivity (Wildman–Crippen MR) is 150 cm³/mol. The maximum atomic E-state index is 14.2. The first-order chi connectivity index (χ1) is 19.2. The summed E-state index contributed by atoms with van der Waals surface area (Å²) in [6.45, 7) is 3.74. The van der Waals surface area contributed by atoms with E-state index >= 15 is 0 Å². The number of carbonyl (C=O) groups excluding carboxylic acids is 4. The van der Waals surface area contributed by atoms with Gasteiger partial charge in [0.15, 0.2) is 0 Å². The number of benzene rings is 1. The Morgan fingerprint density at radius 2 is 1.85 bits per heavy atom. The average molecular weight is 550 g/mol. The van der Waals surface area contributed by atoms with Crippen LogP contribution in [0.25, 0.3) is 11.6 Å². The number of fused-ring (bicyclic) bond motifs is 2. The van der Waals surface area contributed by atoms with Crippen LogP contribution in [0.15, 0.2) is 36.4 Å². The van der Waals surface area contributed by atoms with Crippen molar-refractivity contribution in [2.45, 2.75) is 89.4 Å². The van der Waals surface area contributed by atoms with Gasteiger partial charge in [-0.25, -0.2) is 0 Å². The SMILES string of the molecule is CC(C)C(NC(=O)C1=c2ccccc2=CC=CCC1)C(=O)N1C2CCCCC2C[C@H]1C(=O)N[C@H](C=O)CC(=O)O. The topological polar surface area (TPSA) is 133 Å². The molecular weight excluding hydrogens is 510 g/mol. The number of hydrogen-bond acceptors (Lipinski definition) is 5. The normalized spacial score (nSPS) is 23.5. The zero-order valence-corrected chi connectivity index (χ0v) is 23.2. The highest BCUT2D eigenvalue weighted by Crippen LogP contribution is 2.40. The molecule has 1 aromatic carbocycles. The number of hydrogen-bond donors (Lipinski definition) is 3. The van der Waals surface area contributed by atoms with Crippen LogP contribution in [0.2, 0.25) is 0 Å². The predicted octanol–water partition coefficient (Wildman–Crippen LogP) is 1.43. The molecule has 214 valence electrons. The molecule has 3 amide bonds. The number of aldehydes is 1. The van der Waals surface area contributed by atoms with Crippen LogP contribution in [0, 0.1) is 11.8 Å². The van der Waals surface area contributed by atoms with E-state index in [2.05, 4.69) is 10.6 Å². The molecule has 3 unspecified atom stereocenters. The van der Waals surface area contributed by atoms with Gasteiger partial charge in [-0.3, -0.25) is 19.2 Å². The second-order valence-corrected chi connectivity index (χ2v) is 11.4. The van der Waals surface area contributed by atoms with Gasteiger partial charge in [0.2, 0.25) is 17.7 Å². The van der Waals surface area contributed by atoms with E-state index in [9.17, 15) is 24.0 Å². The lowest BCUT2D eigenvalue weighted by atomic mass is 9.84. The van der Waals surface area contributed by atoms with E-state index in [4.69, 9.17) is 5.11 Å². The fourth-order valence-corrected chi connectivity index (χ4v) is 6.30. The quantitative estimate of drug-likeness (QED) is 0.399. The van der Waals surface area contributed by atoms with E-state index < -0.39 is 36.4 Å². The summed E-state index contributed by atoms with van der Waals surface area (Å²) in [7, 11) is 0. The number of rotatable bonds is 9. The van der Waals surface area contributed by atoms with E-state index in [1.54, 1.807) is 4.90 Å². The summed E-state index contributed by atoms with van der Waals surface area (Å²) < 4.78 is 0. The summed E-state index contributed by atoms with van der Waals surface area (Å²) in [4.78, 5) is 65.5. The van der Waals surface area contributed by atoms with E-state index in [0.717, 1.165) is 36.1 Å². The molecule has 0 spiro atoms. The smallest absolute Gasteiger partial charge is 0.305 e. The average Bonchev–Trinajstić information content (AvgIpc) is 3.31. The highest BCUT2D eigenvalue weighted by atomic mass is 16.4. The lowest BCUT2D eigenvalue weighted by Crippen LogP contribution is -2.58. The first kappa shape index (κ1) is 29.2. The van der Waals surface area contributed by atoms with Crippen LogP contribution < -0.4 is 21.1 Å². The number of aliphatic carboxylic acids is 1. The second kappa shape index (κ2) is 13.1. The molecule has 9 heteroatoms. The minimum atomic E-state index is -1.20. The molecule has 3 N–H and O–H groups in total. The summed E-state index contributed by atoms with van der Waals surface area (Å²) in [5, 5.41) is 16.4. The number of likely N-dealkylation sites (tertiary alicyclic amines) is 1. The number of allylic oxidation sites excluding steroid dienone is 2. The Morgan fingerprint density at radius 3 is 2.58 bits per heavy atom. The number of carboxylic acids is 1. The molecular formula is C31H39N3O6. The number of carbonyl (C=O) groups is 5. The van der Waals surface area contributed by atoms with Crippen LogP contribution in [0.1, 0.15) is 65.2 Å². The Balaban J connectivity index is 1.62. The van der Waals surface area contributed by atoms with Gasteiger partial charge in [-0.15, -0.1) is 0 Å². The zero-order valence-electron chi connectivity index (χ0n) is 23.2. The fraction of sp³-hybridized carbons (Fsp3) is 0.516. The maximum Gasteiger partial charge on any atom is 0.305 e. The molecule has 2 aliphatic carbocycles. The Morgan fingerprint density at radius 1 is 1.10 bits per heavy atom. The Kier molecular flexibility index (Phi) is 9.55. The summed E-state index contributed by atoms with van der Waals surface area (Å²) in [6, 6.07) is 4.69. The van der Waals surface area contributed by atoms with Crippen molar-refractivity contribution in [3.8, 4) is 0 Å². The van der Waals surface area contributed by atoms with Gasteiger partial charge >= 0.3 is 5.97 Å². The highest BCUT2D eigenvalue weighted by Gasteiger charge is 2.49. The van der Waals surface area contributed by atoms with E-state index in [-0.39, 0.29) is 29.7 Å². The Hall–Kier alpha value is -3.75. The summed E-state index contributed by atoms with van der Waals surface area (Å²) in [5.41, 5.74) is 0.614. The van der Waals surface area contributed by atoms with Crippen molar-refractivity contribution < 1.29 is 29.1 Å². The van der Waals surface area contributed by atoms with Crippen molar-refractivity contribution in [2.75, 3.05) is 0 Å². The molecule has 9 nitrogen and oxygen atoms in total. The molecule has 1 aliphatic heterocycles. The number of nitrogens with one attached hydrogen (secondary N) is 2. The van der Waals surface area contributed by atoms with E-state index in [0.29, 0.717) is 31.1 Å². The van der Waals surface area contributed by atoms with Gasteiger partial charge in [-0.2, -0.15) is 0 Å². The van der Waals surface area contributed by atoms with Gasteiger partial charge < -0.3 is 25.4 Å². The van der Waals surface area contributed by atoms with Crippen molar-refractivity contribution in [3.63, 3.8) is 0 Å².